The normalized spacial score (nSPS) is 10.5. The van der Waals surface area contributed by atoms with Crippen molar-refractivity contribution in [3.05, 3.63) is 64.7 Å². The number of carbonyl (C=O) groups is 1. The third-order valence-electron chi connectivity index (χ3n) is 3.29. The number of nitro benzene ring substituents is 1. The van der Waals surface area contributed by atoms with Gasteiger partial charge in [-0.3, -0.25) is 10.1 Å². The fraction of sp³-hybridized carbons (Fsp3) is 0.133. The van der Waals surface area contributed by atoms with Crippen molar-refractivity contribution < 1.29 is 14.5 Å². The Kier molecular flexibility index (Phi) is 4.06. The number of aromatic nitrogens is 4. The van der Waals surface area contributed by atoms with Crippen LogP contribution in [0.4, 0.5) is 5.69 Å². The number of benzene rings is 1. The van der Waals surface area contributed by atoms with Gasteiger partial charge in [0.1, 0.15) is 5.56 Å². The molecule has 0 saturated carbocycles. The Morgan fingerprint density at radius 1 is 1.17 bits per heavy atom. The van der Waals surface area contributed by atoms with Gasteiger partial charge in [-0.1, -0.05) is 0 Å². The van der Waals surface area contributed by atoms with Crippen molar-refractivity contribution in [1.82, 2.24) is 19.6 Å². The lowest BCUT2D eigenvalue weighted by Crippen LogP contribution is -2.12. The average molecular weight is 327 g/mol. The highest BCUT2D eigenvalue weighted by Crippen LogP contribution is 2.29. The number of esters is 1. The third kappa shape index (κ3) is 2.74. The van der Waals surface area contributed by atoms with E-state index in [9.17, 15) is 14.9 Å². The van der Waals surface area contributed by atoms with E-state index in [1.165, 1.54) is 21.5 Å². The smallest absolute Gasteiger partial charge is 0.345 e. The van der Waals surface area contributed by atoms with Crippen molar-refractivity contribution >= 4 is 11.7 Å². The van der Waals surface area contributed by atoms with E-state index in [0.29, 0.717) is 11.4 Å². The van der Waals surface area contributed by atoms with Gasteiger partial charge in [0, 0.05) is 30.9 Å². The van der Waals surface area contributed by atoms with Crippen LogP contribution < -0.4 is 0 Å². The van der Waals surface area contributed by atoms with Gasteiger partial charge in [-0.25, -0.2) is 14.2 Å². The van der Waals surface area contributed by atoms with E-state index in [-0.39, 0.29) is 17.9 Å². The molecule has 0 unspecified atom stereocenters. The molecule has 0 radical (unpaired) electrons. The van der Waals surface area contributed by atoms with Crippen molar-refractivity contribution in [2.45, 2.75) is 6.92 Å². The molecule has 1 aromatic carbocycles. The van der Waals surface area contributed by atoms with Gasteiger partial charge in [0.15, 0.2) is 0 Å². The fourth-order valence-corrected chi connectivity index (χ4v) is 2.28. The largest absolute Gasteiger partial charge is 0.462 e. The summed E-state index contributed by atoms with van der Waals surface area (Å²) in [7, 11) is 0. The van der Waals surface area contributed by atoms with Crippen molar-refractivity contribution in [2.24, 2.45) is 0 Å². The first-order chi connectivity index (χ1) is 11.6. The molecular formula is C15H13N5O4. The zero-order valence-corrected chi connectivity index (χ0v) is 12.7. The van der Waals surface area contributed by atoms with Crippen molar-refractivity contribution in [1.29, 1.82) is 0 Å². The number of hydrogen-bond donors (Lipinski definition) is 0. The van der Waals surface area contributed by atoms with Gasteiger partial charge in [-0.2, -0.15) is 10.2 Å². The second kappa shape index (κ2) is 6.32. The quantitative estimate of drug-likeness (QED) is 0.404. The predicted molar refractivity (Wildman–Crippen MR) is 83.3 cm³/mol. The molecule has 24 heavy (non-hydrogen) atoms. The van der Waals surface area contributed by atoms with Crippen LogP contribution in [0.1, 0.15) is 17.3 Å². The Hall–Kier alpha value is -3.49. The summed E-state index contributed by atoms with van der Waals surface area (Å²) in [4.78, 5) is 22.9. The molecule has 9 heteroatoms. The third-order valence-corrected chi connectivity index (χ3v) is 3.29. The average Bonchev–Trinajstić information content (AvgIpc) is 3.27. The maximum atomic E-state index is 12.1. The van der Waals surface area contributed by atoms with E-state index in [1.54, 1.807) is 43.8 Å². The standard InChI is InChI=1S/C15H13N5O4/c1-2-24-15(21)11-9-13(18-7-3-5-16-18)14(10-12(11)20(22)23)19-8-4-6-17-19/h3-10H,2H2,1H3. The highest BCUT2D eigenvalue weighted by molar-refractivity contribution is 5.95. The summed E-state index contributed by atoms with van der Waals surface area (Å²) >= 11 is 0. The minimum absolute atomic E-state index is 0.119. The number of hydrogen-bond acceptors (Lipinski definition) is 6. The fourth-order valence-electron chi connectivity index (χ4n) is 2.28. The number of ether oxygens (including phenoxy) is 1. The van der Waals surface area contributed by atoms with Gasteiger partial charge in [0.25, 0.3) is 5.69 Å². The van der Waals surface area contributed by atoms with Crippen molar-refractivity contribution in [3.8, 4) is 11.4 Å². The molecular weight excluding hydrogens is 314 g/mol. The van der Waals surface area contributed by atoms with Crippen LogP contribution in [0.3, 0.4) is 0 Å². The lowest BCUT2D eigenvalue weighted by atomic mass is 10.1. The molecule has 0 aliphatic carbocycles. The van der Waals surface area contributed by atoms with Crippen LogP contribution in [0, 0.1) is 10.1 Å². The molecule has 3 rings (SSSR count). The number of nitrogens with zero attached hydrogens (tertiary/aromatic N) is 5. The van der Waals surface area contributed by atoms with Crippen LogP contribution in [0.2, 0.25) is 0 Å². The molecule has 9 nitrogen and oxygen atoms in total. The minimum atomic E-state index is -0.760. The van der Waals surface area contributed by atoms with Gasteiger partial charge in [-0.05, 0) is 25.1 Å². The van der Waals surface area contributed by atoms with E-state index in [0.717, 1.165) is 0 Å². The minimum Gasteiger partial charge on any atom is -0.462 e. The summed E-state index contributed by atoms with van der Waals surface area (Å²) in [5, 5.41) is 19.6. The van der Waals surface area contributed by atoms with Crippen LogP contribution in [0.5, 0.6) is 0 Å². The Morgan fingerprint density at radius 3 is 2.21 bits per heavy atom. The Morgan fingerprint density at radius 2 is 1.75 bits per heavy atom. The molecule has 2 aromatic heterocycles. The SMILES string of the molecule is CCOC(=O)c1cc(-n2cccn2)c(-n2cccn2)cc1[N+](=O)[O-]. The van der Waals surface area contributed by atoms with Crippen LogP contribution in [0.15, 0.2) is 49.1 Å². The number of carbonyl (C=O) groups excluding carboxylic acids is 1. The molecule has 2 heterocycles. The van der Waals surface area contributed by atoms with Crippen molar-refractivity contribution in [3.63, 3.8) is 0 Å². The lowest BCUT2D eigenvalue weighted by Gasteiger charge is -2.12. The molecule has 122 valence electrons. The van der Waals surface area contributed by atoms with E-state index in [1.807, 2.05) is 0 Å². The van der Waals surface area contributed by atoms with Crippen LogP contribution in [0.25, 0.3) is 11.4 Å². The second-order valence-electron chi connectivity index (χ2n) is 4.74. The van der Waals surface area contributed by atoms with Gasteiger partial charge in [-0.15, -0.1) is 0 Å². The number of nitro groups is 1. The first-order valence-corrected chi connectivity index (χ1v) is 7.11. The van der Waals surface area contributed by atoms with E-state index in [4.69, 9.17) is 4.74 Å². The predicted octanol–water partition coefficient (Wildman–Crippen LogP) is 2.14. The van der Waals surface area contributed by atoms with E-state index < -0.39 is 10.9 Å². The van der Waals surface area contributed by atoms with Crippen LogP contribution >= 0.6 is 0 Å². The van der Waals surface area contributed by atoms with Gasteiger partial charge in [0.05, 0.1) is 22.9 Å². The lowest BCUT2D eigenvalue weighted by molar-refractivity contribution is -0.385. The summed E-state index contributed by atoms with van der Waals surface area (Å²) in [6, 6.07) is 6.08. The molecule has 0 aliphatic heterocycles. The topological polar surface area (TPSA) is 105 Å². The highest BCUT2D eigenvalue weighted by Gasteiger charge is 2.26. The first kappa shape index (κ1) is 15.4. The monoisotopic (exact) mass is 327 g/mol. The Bertz CT molecular complexity index is 872. The van der Waals surface area contributed by atoms with Gasteiger partial charge < -0.3 is 4.74 Å². The maximum Gasteiger partial charge on any atom is 0.345 e. The molecule has 0 aliphatic rings. The Labute approximate surface area is 136 Å². The summed E-state index contributed by atoms with van der Waals surface area (Å²) in [6.07, 6.45) is 6.44. The van der Waals surface area contributed by atoms with E-state index in [2.05, 4.69) is 10.2 Å². The van der Waals surface area contributed by atoms with Gasteiger partial charge in [0.2, 0.25) is 0 Å². The van der Waals surface area contributed by atoms with E-state index >= 15 is 0 Å². The van der Waals surface area contributed by atoms with Crippen molar-refractivity contribution in [2.75, 3.05) is 6.61 Å². The molecule has 0 fully saturated rings. The molecule has 0 bridgehead atoms. The van der Waals surface area contributed by atoms with Gasteiger partial charge >= 0.3 is 5.97 Å². The van der Waals surface area contributed by atoms with Crippen LogP contribution in [-0.2, 0) is 4.74 Å². The summed E-state index contributed by atoms with van der Waals surface area (Å²) in [5.74, 6) is -0.760. The Balaban J connectivity index is 2.27. The first-order valence-electron chi connectivity index (χ1n) is 7.11. The zero-order valence-electron chi connectivity index (χ0n) is 12.7. The zero-order chi connectivity index (χ0) is 17.1. The summed E-state index contributed by atoms with van der Waals surface area (Å²) in [5.41, 5.74) is 0.402. The second-order valence-corrected chi connectivity index (χ2v) is 4.74. The summed E-state index contributed by atoms with van der Waals surface area (Å²) < 4.78 is 7.90. The molecule has 0 atom stereocenters. The molecule has 0 amide bonds. The van der Waals surface area contributed by atoms with Crippen LogP contribution in [-0.4, -0.2) is 37.1 Å². The summed E-state index contributed by atoms with van der Waals surface area (Å²) in [6.45, 7) is 1.75. The maximum absolute atomic E-state index is 12.1. The molecule has 3 aromatic rings. The molecule has 0 spiro atoms. The highest BCUT2D eigenvalue weighted by atomic mass is 16.6. The molecule has 0 saturated heterocycles. The molecule has 0 N–H and O–H groups in total. The number of rotatable bonds is 5.